The first-order valence-electron chi connectivity index (χ1n) is 8.08. The highest BCUT2D eigenvalue weighted by molar-refractivity contribution is 5.93. The van der Waals surface area contributed by atoms with Crippen LogP contribution in [0, 0.1) is 5.82 Å². The molecule has 0 saturated carbocycles. The first-order valence-corrected chi connectivity index (χ1v) is 8.08. The van der Waals surface area contributed by atoms with Crippen molar-refractivity contribution >= 4 is 11.6 Å². The molecule has 134 valence electrons. The van der Waals surface area contributed by atoms with Gasteiger partial charge in [0.05, 0.1) is 13.7 Å². The van der Waals surface area contributed by atoms with E-state index in [1.54, 1.807) is 20.1 Å². The van der Waals surface area contributed by atoms with Gasteiger partial charge in [-0.1, -0.05) is 19.1 Å². The Morgan fingerprint density at radius 3 is 2.62 bits per heavy atom. The summed E-state index contributed by atoms with van der Waals surface area (Å²) < 4.78 is 19.3. The second-order valence-corrected chi connectivity index (χ2v) is 5.63. The summed E-state index contributed by atoms with van der Waals surface area (Å²) in [4.78, 5) is 14.0. The number of H-pyrrole nitrogens is 1. The maximum atomic E-state index is 14.1. The quantitative estimate of drug-likeness (QED) is 0.735. The fourth-order valence-corrected chi connectivity index (χ4v) is 2.58. The summed E-state index contributed by atoms with van der Waals surface area (Å²) in [5.41, 5.74) is 1.81. The number of ether oxygens (including phenoxy) is 1. The van der Waals surface area contributed by atoms with Gasteiger partial charge in [0.1, 0.15) is 11.6 Å². The van der Waals surface area contributed by atoms with Crippen molar-refractivity contribution in [1.29, 1.82) is 0 Å². The molecule has 0 spiro atoms. The molecule has 1 amide bonds. The van der Waals surface area contributed by atoms with Gasteiger partial charge in [-0.3, -0.25) is 4.79 Å². The van der Waals surface area contributed by atoms with Crippen LogP contribution < -0.4 is 9.64 Å². The first-order chi connectivity index (χ1) is 12.6. The van der Waals surface area contributed by atoms with Crippen LogP contribution in [0.1, 0.15) is 18.9 Å². The molecule has 0 aliphatic rings. The number of hydrogen-bond acceptors (Lipinski definition) is 5. The molecular formula is C18H18FN5O2. The molecule has 0 atom stereocenters. The van der Waals surface area contributed by atoms with E-state index in [0.717, 1.165) is 11.3 Å². The van der Waals surface area contributed by atoms with Gasteiger partial charge in [0.15, 0.2) is 5.82 Å². The van der Waals surface area contributed by atoms with Gasteiger partial charge in [-0.25, -0.2) is 9.49 Å². The third-order valence-electron chi connectivity index (χ3n) is 3.92. The van der Waals surface area contributed by atoms with Crippen molar-refractivity contribution in [3.05, 3.63) is 53.8 Å². The van der Waals surface area contributed by atoms with E-state index in [-0.39, 0.29) is 5.91 Å². The fourth-order valence-electron chi connectivity index (χ4n) is 2.58. The van der Waals surface area contributed by atoms with Crippen LogP contribution in [0.2, 0.25) is 0 Å². The number of hydrogen-bond donors (Lipinski definition) is 1. The van der Waals surface area contributed by atoms with E-state index >= 15 is 0 Å². The maximum absolute atomic E-state index is 14.1. The molecule has 0 aliphatic heterocycles. The smallest absolute Gasteiger partial charge is 0.227 e. The number of carbonyl (C=O) groups excluding carboxylic acids is 1. The molecule has 1 aromatic heterocycles. The molecule has 3 rings (SSSR count). The van der Waals surface area contributed by atoms with Gasteiger partial charge in [-0.15, -0.1) is 5.10 Å². The Labute approximate surface area is 149 Å². The topological polar surface area (TPSA) is 84.0 Å². The minimum absolute atomic E-state index is 0.118. The van der Waals surface area contributed by atoms with E-state index in [0.29, 0.717) is 30.0 Å². The molecule has 1 N–H and O–H groups in total. The average Bonchev–Trinajstić information content (AvgIpc) is 3.20. The van der Waals surface area contributed by atoms with Crippen molar-refractivity contribution in [2.75, 3.05) is 12.0 Å². The van der Waals surface area contributed by atoms with Crippen molar-refractivity contribution in [2.45, 2.75) is 19.9 Å². The lowest BCUT2D eigenvalue weighted by atomic mass is 10.1. The molecular weight excluding hydrogens is 337 g/mol. The summed E-state index contributed by atoms with van der Waals surface area (Å²) in [6, 6.07) is 11.7. The molecule has 26 heavy (non-hydrogen) atoms. The van der Waals surface area contributed by atoms with Gasteiger partial charge >= 0.3 is 0 Å². The number of carbonyl (C=O) groups is 1. The van der Waals surface area contributed by atoms with Crippen molar-refractivity contribution in [3.8, 4) is 17.1 Å². The van der Waals surface area contributed by atoms with Crippen LogP contribution in [0.4, 0.5) is 10.1 Å². The van der Waals surface area contributed by atoms with Gasteiger partial charge in [0.2, 0.25) is 5.91 Å². The molecule has 8 heteroatoms. The molecule has 2 aromatic carbocycles. The average molecular weight is 355 g/mol. The van der Waals surface area contributed by atoms with E-state index in [1.807, 2.05) is 24.3 Å². The van der Waals surface area contributed by atoms with Gasteiger partial charge in [-0.2, -0.15) is 0 Å². The van der Waals surface area contributed by atoms with Crippen LogP contribution in [-0.4, -0.2) is 33.6 Å². The Bertz CT molecular complexity index is 881. The minimum atomic E-state index is -0.475. The van der Waals surface area contributed by atoms with Gasteiger partial charge in [-0.05, 0) is 46.3 Å². The number of rotatable bonds is 6. The van der Waals surface area contributed by atoms with E-state index < -0.39 is 5.82 Å². The van der Waals surface area contributed by atoms with Crippen LogP contribution in [-0.2, 0) is 11.3 Å². The number of aromatic nitrogens is 4. The molecule has 3 aromatic rings. The Balaban J connectivity index is 1.95. The number of nitrogens with zero attached hydrogens (tertiary/aromatic N) is 4. The number of halogens is 1. The van der Waals surface area contributed by atoms with Crippen LogP contribution in [0.25, 0.3) is 11.4 Å². The SMILES string of the molecule is CCC(=O)N(Cc1ccc(OC)cc1)c1cc(F)cc(-c2nnn[nH]2)c1. The summed E-state index contributed by atoms with van der Waals surface area (Å²) in [7, 11) is 1.59. The number of amides is 1. The number of nitrogens with one attached hydrogen (secondary N) is 1. The van der Waals surface area contributed by atoms with Crippen molar-refractivity contribution in [2.24, 2.45) is 0 Å². The van der Waals surface area contributed by atoms with E-state index in [4.69, 9.17) is 4.74 Å². The molecule has 0 aliphatic carbocycles. The first kappa shape index (κ1) is 17.5. The molecule has 0 radical (unpaired) electrons. The van der Waals surface area contributed by atoms with Crippen LogP contribution in [0.3, 0.4) is 0 Å². The summed E-state index contributed by atoms with van der Waals surface area (Å²) in [6.45, 7) is 2.08. The molecule has 0 saturated heterocycles. The van der Waals surface area contributed by atoms with Crippen molar-refractivity contribution in [1.82, 2.24) is 20.6 Å². The maximum Gasteiger partial charge on any atom is 0.227 e. The number of anilines is 1. The zero-order valence-corrected chi connectivity index (χ0v) is 14.4. The van der Waals surface area contributed by atoms with Crippen LogP contribution >= 0.6 is 0 Å². The molecule has 7 nitrogen and oxygen atoms in total. The second kappa shape index (κ2) is 7.73. The highest BCUT2D eigenvalue weighted by Gasteiger charge is 2.17. The lowest BCUT2D eigenvalue weighted by Crippen LogP contribution is -2.29. The predicted molar refractivity (Wildman–Crippen MR) is 94.0 cm³/mol. The summed E-state index contributed by atoms with van der Waals surface area (Å²) in [6.07, 6.45) is 0.297. The second-order valence-electron chi connectivity index (χ2n) is 5.63. The van der Waals surface area contributed by atoms with E-state index in [9.17, 15) is 9.18 Å². The predicted octanol–water partition coefficient (Wildman–Crippen LogP) is 2.96. The van der Waals surface area contributed by atoms with Gasteiger partial charge < -0.3 is 9.64 Å². The fraction of sp³-hybridized carbons (Fsp3) is 0.222. The van der Waals surface area contributed by atoms with Gasteiger partial charge in [0.25, 0.3) is 0 Å². The van der Waals surface area contributed by atoms with Gasteiger partial charge in [0, 0.05) is 17.7 Å². The third-order valence-corrected chi connectivity index (χ3v) is 3.92. The Hall–Kier alpha value is -3.29. The highest BCUT2D eigenvalue weighted by atomic mass is 19.1. The van der Waals surface area contributed by atoms with E-state index in [1.165, 1.54) is 17.0 Å². The van der Waals surface area contributed by atoms with E-state index in [2.05, 4.69) is 20.6 Å². The monoisotopic (exact) mass is 355 g/mol. The number of aromatic amines is 1. The molecule has 0 unspecified atom stereocenters. The molecule has 0 fully saturated rings. The molecule has 0 bridgehead atoms. The number of benzene rings is 2. The minimum Gasteiger partial charge on any atom is -0.497 e. The van der Waals surface area contributed by atoms with Crippen molar-refractivity contribution < 1.29 is 13.9 Å². The summed E-state index contributed by atoms with van der Waals surface area (Å²) >= 11 is 0. The third kappa shape index (κ3) is 3.85. The van der Waals surface area contributed by atoms with Crippen molar-refractivity contribution in [3.63, 3.8) is 0 Å². The highest BCUT2D eigenvalue weighted by Crippen LogP contribution is 2.26. The number of tetrazole rings is 1. The summed E-state index contributed by atoms with van der Waals surface area (Å²) in [5.74, 6) is 0.470. The van der Waals surface area contributed by atoms with Crippen LogP contribution in [0.15, 0.2) is 42.5 Å². The number of methoxy groups -OCH3 is 1. The normalized spacial score (nSPS) is 10.6. The largest absolute Gasteiger partial charge is 0.497 e. The molecule has 1 heterocycles. The Kier molecular flexibility index (Phi) is 5.21. The lowest BCUT2D eigenvalue weighted by Gasteiger charge is -2.23. The zero-order chi connectivity index (χ0) is 18.5. The Morgan fingerprint density at radius 2 is 2.00 bits per heavy atom. The standard InChI is InChI=1S/C18H18FN5O2/c1-3-17(25)24(11-12-4-6-16(26-2)7-5-12)15-9-13(8-14(19)10-15)18-20-22-23-21-18/h4-10H,3,11H2,1-2H3,(H,20,21,22,23). The lowest BCUT2D eigenvalue weighted by molar-refractivity contribution is -0.118. The zero-order valence-electron chi connectivity index (χ0n) is 14.4. The Morgan fingerprint density at radius 1 is 1.23 bits per heavy atom. The van der Waals surface area contributed by atoms with Crippen LogP contribution in [0.5, 0.6) is 5.75 Å². The summed E-state index contributed by atoms with van der Waals surface area (Å²) in [5, 5.41) is 13.4.